The lowest BCUT2D eigenvalue weighted by Crippen LogP contribution is -1.98. The molecule has 0 amide bonds. The molecule has 2 heteroatoms. The van der Waals surface area contributed by atoms with E-state index in [1.807, 2.05) is 13.0 Å². The van der Waals surface area contributed by atoms with Crippen LogP contribution in [0.2, 0.25) is 0 Å². The Morgan fingerprint density at radius 1 is 1.80 bits per heavy atom. The van der Waals surface area contributed by atoms with Gasteiger partial charge in [-0.2, -0.15) is 0 Å². The summed E-state index contributed by atoms with van der Waals surface area (Å²) in [4.78, 5) is 10.4. The SMILES string of the molecule is C=CCCC(C)CC(=O)Cl. The van der Waals surface area contributed by atoms with Crippen LogP contribution in [-0.2, 0) is 4.79 Å². The molecule has 1 nitrogen and oxygen atoms in total. The lowest BCUT2D eigenvalue weighted by atomic mass is 10.0. The molecule has 0 fully saturated rings. The Kier molecular flexibility index (Phi) is 5.32. The van der Waals surface area contributed by atoms with Crippen molar-refractivity contribution in [1.29, 1.82) is 0 Å². The van der Waals surface area contributed by atoms with Crippen LogP contribution in [0.25, 0.3) is 0 Å². The number of carbonyl (C=O) groups excluding carboxylic acids is 1. The number of hydrogen-bond donors (Lipinski definition) is 0. The number of hydrogen-bond acceptors (Lipinski definition) is 1. The fraction of sp³-hybridized carbons (Fsp3) is 0.625. The van der Waals surface area contributed by atoms with Gasteiger partial charge < -0.3 is 0 Å². The summed E-state index contributed by atoms with van der Waals surface area (Å²) in [7, 11) is 0. The van der Waals surface area contributed by atoms with E-state index in [9.17, 15) is 4.79 Å². The third-order valence-corrected chi connectivity index (χ3v) is 1.53. The second-order valence-corrected chi connectivity index (χ2v) is 2.95. The second kappa shape index (κ2) is 5.48. The van der Waals surface area contributed by atoms with E-state index in [2.05, 4.69) is 6.58 Å². The zero-order chi connectivity index (χ0) is 7.98. The van der Waals surface area contributed by atoms with Crippen molar-refractivity contribution >= 4 is 16.8 Å². The Hall–Kier alpha value is -0.300. The summed E-state index contributed by atoms with van der Waals surface area (Å²) in [5.41, 5.74) is 0. The first-order chi connectivity index (χ1) is 4.66. The van der Waals surface area contributed by atoms with Gasteiger partial charge in [-0.3, -0.25) is 4.79 Å². The number of halogens is 1. The van der Waals surface area contributed by atoms with E-state index in [-0.39, 0.29) is 5.24 Å². The number of allylic oxidation sites excluding steroid dienone is 1. The van der Waals surface area contributed by atoms with Gasteiger partial charge in [0, 0.05) is 6.42 Å². The van der Waals surface area contributed by atoms with Crippen LogP contribution in [0.3, 0.4) is 0 Å². The molecule has 0 rings (SSSR count). The molecule has 1 unspecified atom stereocenters. The molecule has 1 atom stereocenters. The Labute approximate surface area is 67.1 Å². The van der Waals surface area contributed by atoms with Crippen molar-refractivity contribution in [1.82, 2.24) is 0 Å². The highest BCUT2D eigenvalue weighted by atomic mass is 35.5. The molecule has 0 saturated heterocycles. The Bertz CT molecular complexity index is 120. The molecule has 0 spiro atoms. The van der Waals surface area contributed by atoms with Crippen LogP contribution >= 0.6 is 11.6 Å². The monoisotopic (exact) mass is 160 g/mol. The van der Waals surface area contributed by atoms with E-state index < -0.39 is 0 Å². The maximum Gasteiger partial charge on any atom is 0.221 e. The minimum atomic E-state index is -0.239. The van der Waals surface area contributed by atoms with Crippen molar-refractivity contribution in [3.05, 3.63) is 12.7 Å². The fourth-order valence-electron chi connectivity index (χ4n) is 0.778. The lowest BCUT2D eigenvalue weighted by Gasteiger charge is -2.04. The molecule has 0 N–H and O–H groups in total. The molecule has 0 aromatic carbocycles. The first-order valence-electron chi connectivity index (χ1n) is 3.46. The molecule has 0 aromatic rings. The van der Waals surface area contributed by atoms with Gasteiger partial charge in [0.2, 0.25) is 5.24 Å². The van der Waals surface area contributed by atoms with Gasteiger partial charge in [0.25, 0.3) is 0 Å². The molecule has 10 heavy (non-hydrogen) atoms. The predicted molar refractivity (Wildman–Crippen MR) is 44.1 cm³/mol. The van der Waals surface area contributed by atoms with Gasteiger partial charge in [0.05, 0.1) is 0 Å². The van der Waals surface area contributed by atoms with Gasteiger partial charge in [0.1, 0.15) is 0 Å². The largest absolute Gasteiger partial charge is 0.281 e. The average Bonchev–Trinajstić information content (AvgIpc) is 1.82. The first-order valence-corrected chi connectivity index (χ1v) is 3.83. The zero-order valence-electron chi connectivity index (χ0n) is 6.27. The van der Waals surface area contributed by atoms with Crippen LogP contribution < -0.4 is 0 Å². The Morgan fingerprint density at radius 3 is 2.80 bits per heavy atom. The molecule has 0 heterocycles. The maximum atomic E-state index is 10.4. The van der Waals surface area contributed by atoms with E-state index in [0.29, 0.717) is 12.3 Å². The van der Waals surface area contributed by atoms with Gasteiger partial charge in [-0.1, -0.05) is 13.0 Å². The van der Waals surface area contributed by atoms with Crippen LogP contribution in [0.1, 0.15) is 26.2 Å². The summed E-state index contributed by atoms with van der Waals surface area (Å²) in [5, 5.41) is -0.239. The van der Waals surface area contributed by atoms with E-state index in [4.69, 9.17) is 11.6 Å². The zero-order valence-corrected chi connectivity index (χ0v) is 7.03. The van der Waals surface area contributed by atoms with Crippen molar-refractivity contribution in [3.8, 4) is 0 Å². The van der Waals surface area contributed by atoms with Crippen LogP contribution in [0, 0.1) is 5.92 Å². The van der Waals surface area contributed by atoms with Crippen LogP contribution in [0.5, 0.6) is 0 Å². The molecule has 0 aliphatic heterocycles. The van der Waals surface area contributed by atoms with Crippen LogP contribution in [0.15, 0.2) is 12.7 Å². The minimum Gasteiger partial charge on any atom is -0.281 e. The Morgan fingerprint density at radius 2 is 2.40 bits per heavy atom. The molecular weight excluding hydrogens is 148 g/mol. The van der Waals surface area contributed by atoms with E-state index in [0.717, 1.165) is 12.8 Å². The molecule has 0 saturated carbocycles. The summed E-state index contributed by atoms with van der Waals surface area (Å²) < 4.78 is 0. The minimum absolute atomic E-state index is 0.239. The Balaban J connectivity index is 3.33. The smallest absolute Gasteiger partial charge is 0.221 e. The molecule has 0 radical (unpaired) electrons. The van der Waals surface area contributed by atoms with E-state index >= 15 is 0 Å². The normalized spacial score (nSPS) is 12.6. The van der Waals surface area contributed by atoms with Gasteiger partial charge in [-0.25, -0.2) is 0 Å². The van der Waals surface area contributed by atoms with Crippen molar-refractivity contribution < 1.29 is 4.79 Å². The van der Waals surface area contributed by atoms with Gasteiger partial charge in [-0.05, 0) is 30.4 Å². The predicted octanol–water partition coefficient (Wildman–Crippen LogP) is 2.74. The molecule has 0 bridgehead atoms. The van der Waals surface area contributed by atoms with Crippen LogP contribution in [0.4, 0.5) is 0 Å². The highest BCUT2D eigenvalue weighted by Gasteiger charge is 2.04. The van der Waals surface area contributed by atoms with Crippen molar-refractivity contribution in [2.45, 2.75) is 26.2 Å². The van der Waals surface area contributed by atoms with Gasteiger partial charge in [-0.15, -0.1) is 6.58 Å². The van der Waals surface area contributed by atoms with E-state index in [1.165, 1.54) is 0 Å². The summed E-state index contributed by atoms with van der Waals surface area (Å²) in [5.74, 6) is 0.392. The highest BCUT2D eigenvalue weighted by Crippen LogP contribution is 2.11. The van der Waals surface area contributed by atoms with Gasteiger partial charge in [0.15, 0.2) is 0 Å². The molecule has 0 aromatic heterocycles. The topological polar surface area (TPSA) is 17.1 Å². The quantitative estimate of drug-likeness (QED) is 0.447. The lowest BCUT2D eigenvalue weighted by molar-refractivity contribution is -0.112. The summed E-state index contributed by atoms with van der Waals surface area (Å²) in [6, 6.07) is 0. The standard InChI is InChI=1S/C8H13ClO/c1-3-4-5-7(2)6-8(9)10/h3,7H,1,4-6H2,2H3. The third-order valence-electron chi connectivity index (χ3n) is 1.37. The third kappa shape index (κ3) is 5.83. The number of carbonyl (C=O) groups is 1. The van der Waals surface area contributed by atoms with Crippen molar-refractivity contribution in [2.75, 3.05) is 0 Å². The second-order valence-electron chi connectivity index (χ2n) is 2.53. The molecule has 0 aliphatic carbocycles. The fourth-order valence-corrected chi connectivity index (χ4v) is 1.04. The van der Waals surface area contributed by atoms with Crippen LogP contribution in [-0.4, -0.2) is 5.24 Å². The molecule has 58 valence electrons. The molecular formula is C8H13ClO. The van der Waals surface area contributed by atoms with Crippen molar-refractivity contribution in [2.24, 2.45) is 5.92 Å². The molecule has 0 aliphatic rings. The summed E-state index contributed by atoms with van der Waals surface area (Å²) in [6.45, 7) is 5.61. The van der Waals surface area contributed by atoms with E-state index in [1.54, 1.807) is 0 Å². The highest BCUT2D eigenvalue weighted by molar-refractivity contribution is 6.63. The van der Waals surface area contributed by atoms with Crippen molar-refractivity contribution in [3.63, 3.8) is 0 Å². The van der Waals surface area contributed by atoms with Gasteiger partial charge >= 0.3 is 0 Å². The first kappa shape index (κ1) is 9.70. The number of rotatable bonds is 5. The summed E-state index contributed by atoms with van der Waals surface area (Å²) in [6.07, 6.45) is 4.30. The maximum absolute atomic E-state index is 10.4. The average molecular weight is 161 g/mol. The summed E-state index contributed by atoms with van der Waals surface area (Å²) >= 11 is 5.19.